The van der Waals surface area contributed by atoms with Crippen LogP contribution < -0.4 is 4.90 Å². The number of carbonyl (C=O) groups excluding carboxylic acids is 2. The van der Waals surface area contributed by atoms with E-state index in [1.54, 1.807) is 20.8 Å². The van der Waals surface area contributed by atoms with Crippen LogP contribution >= 0.6 is 0 Å². The molecule has 0 saturated heterocycles. The number of para-hydroxylation sites is 1. The van der Waals surface area contributed by atoms with Gasteiger partial charge in [-0.05, 0) is 50.8 Å². The number of benzene rings is 2. The third kappa shape index (κ3) is 3.12. The first kappa shape index (κ1) is 18.2. The molecule has 4 heteroatoms. The summed E-state index contributed by atoms with van der Waals surface area (Å²) in [6.07, 6.45) is 0.551. The number of hydrogen-bond donors (Lipinski definition) is 0. The highest BCUT2D eigenvalue weighted by molar-refractivity contribution is 6.21. The molecule has 0 radical (unpaired) electrons. The molecule has 1 heterocycles. The van der Waals surface area contributed by atoms with Crippen LogP contribution in [0.5, 0.6) is 0 Å². The summed E-state index contributed by atoms with van der Waals surface area (Å²) in [5, 5.41) is 0. The van der Waals surface area contributed by atoms with Gasteiger partial charge in [-0.3, -0.25) is 4.79 Å². The Bertz CT molecular complexity index is 823. The van der Waals surface area contributed by atoms with E-state index in [2.05, 4.69) is 0 Å². The molecule has 136 valence electrons. The van der Waals surface area contributed by atoms with Gasteiger partial charge in [0.15, 0.2) is 0 Å². The van der Waals surface area contributed by atoms with Crippen LogP contribution in [0.25, 0.3) is 0 Å². The number of carbonyl (C=O) groups is 2. The fraction of sp³-hybridized carbons (Fsp3) is 0.364. The summed E-state index contributed by atoms with van der Waals surface area (Å²) in [5.41, 5.74) is 1.17. The lowest BCUT2D eigenvalue weighted by molar-refractivity contribution is -0.123. The number of anilines is 1. The lowest BCUT2D eigenvalue weighted by Crippen LogP contribution is -2.46. The molecule has 2 aromatic carbocycles. The van der Waals surface area contributed by atoms with Crippen LogP contribution in [0.4, 0.5) is 10.5 Å². The number of nitrogens with zero attached hydrogens (tertiary/aromatic N) is 1. The van der Waals surface area contributed by atoms with E-state index < -0.39 is 17.1 Å². The van der Waals surface area contributed by atoms with Gasteiger partial charge in [0.2, 0.25) is 5.91 Å². The molecule has 0 unspecified atom stereocenters. The third-order valence-electron chi connectivity index (χ3n) is 4.80. The maximum atomic E-state index is 13.5. The molecule has 1 aliphatic rings. The molecule has 0 aromatic heterocycles. The van der Waals surface area contributed by atoms with Gasteiger partial charge in [-0.2, -0.15) is 0 Å². The summed E-state index contributed by atoms with van der Waals surface area (Å²) >= 11 is 0. The zero-order valence-corrected chi connectivity index (χ0v) is 15.8. The molecule has 26 heavy (non-hydrogen) atoms. The van der Waals surface area contributed by atoms with Crippen molar-refractivity contribution >= 4 is 17.7 Å². The first-order valence-electron chi connectivity index (χ1n) is 8.99. The lowest BCUT2D eigenvalue weighted by Gasteiger charge is -2.28. The highest BCUT2D eigenvalue weighted by Crippen LogP contribution is 2.46. The predicted octanol–water partition coefficient (Wildman–Crippen LogP) is 4.86. The average molecular weight is 351 g/mol. The van der Waals surface area contributed by atoms with Crippen LogP contribution in [0.2, 0.25) is 0 Å². The molecular weight excluding hydrogens is 326 g/mol. The van der Waals surface area contributed by atoms with Crippen molar-refractivity contribution < 1.29 is 14.3 Å². The van der Waals surface area contributed by atoms with E-state index >= 15 is 0 Å². The van der Waals surface area contributed by atoms with Crippen LogP contribution in [-0.2, 0) is 21.4 Å². The van der Waals surface area contributed by atoms with Crippen molar-refractivity contribution in [1.29, 1.82) is 0 Å². The van der Waals surface area contributed by atoms with Crippen molar-refractivity contribution in [3.63, 3.8) is 0 Å². The molecule has 1 atom stereocenters. The van der Waals surface area contributed by atoms with Crippen molar-refractivity contribution in [1.82, 2.24) is 0 Å². The van der Waals surface area contributed by atoms with Gasteiger partial charge in [0.1, 0.15) is 5.60 Å². The summed E-state index contributed by atoms with van der Waals surface area (Å²) in [5.74, 6) is -0.209. The summed E-state index contributed by atoms with van der Waals surface area (Å²) in [6, 6.07) is 17.5. The molecule has 2 aromatic rings. The van der Waals surface area contributed by atoms with E-state index in [9.17, 15) is 9.59 Å². The second-order valence-electron chi connectivity index (χ2n) is 7.74. The monoisotopic (exact) mass is 351 g/mol. The molecule has 4 nitrogen and oxygen atoms in total. The minimum absolute atomic E-state index is 0.209. The van der Waals surface area contributed by atoms with Crippen LogP contribution in [0, 0.1) is 0 Å². The van der Waals surface area contributed by atoms with Crippen molar-refractivity contribution in [2.24, 2.45) is 0 Å². The maximum absolute atomic E-state index is 13.5. The van der Waals surface area contributed by atoms with E-state index in [0.29, 0.717) is 18.5 Å². The Morgan fingerprint density at radius 2 is 1.65 bits per heavy atom. The number of ether oxygens (including phenoxy) is 1. The first-order chi connectivity index (χ1) is 12.3. The molecular formula is C22H25NO3. The van der Waals surface area contributed by atoms with Crippen LogP contribution in [0.1, 0.15) is 45.2 Å². The molecule has 0 N–H and O–H groups in total. The van der Waals surface area contributed by atoms with Gasteiger partial charge in [0.05, 0.1) is 11.1 Å². The van der Waals surface area contributed by atoms with Gasteiger partial charge < -0.3 is 4.74 Å². The van der Waals surface area contributed by atoms with Gasteiger partial charge in [-0.1, -0.05) is 55.5 Å². The lowest BCUT2D eigenvalue weighted by atomic mass is 9.74. The highest BCUT2D eigenvalue weighted by atomic mass is 16.6. The molecule has 3 rings (SSSR count). The van der Waals surface area contributed by atoms with Gasteiger partial charge >= 0.3 is 6.09 Å². The number of imide groups is 1. The molecule has 2 amide bonds. The fourth-order valence-corrected chi connectivity index (χ4v) is 3.58. The Morgan fingerprint density at radius 1 is 1.04 bits per heavy atom. The minimum Gasteiger partial charge on any atom is -0.443 e. The second kappa shape index (κ2) is 6.60. The molecule has 0 bridgehead atoms. The number of amides is 2. The Hall–Kier alpha value is -2.62. The Morgan fingerprint density at radius 3 is 2.27 bits per heavy atom. The molecule has 0 spiro atoms. The Kier molecular flexibility index (Phi) is 4.61. The van der Waals surface area contributed by atoms with Gasteiger partial charge in [-0.15, -0.1) is 0 Å². The van der Waals surface area contributed by atoms with Gasteiger partial charge in [0, 0.05) is 0 Å². The standard InChI is InChI=1S/C22H25NO3/c1-5-22(15-16-11-7-6-8-12-16)17-13-9-10-14-18(17)23(19(22)24)20(25)26-21(2,3)4/h6-14H,5,15H2,1-4H3/t22-/m1/s1. The van der Waals surface area contributed by atoms with Crippen molar-refractivity contribution in [2.45, 2.75) is 51.6 Å². The largest absolute Gasteiger partial charge is 0.443 e. The summed E-state index contributed by atoms with van der Waals surface area (Å²) in [6.45, 7) is 7.40. The fourth-order valence-electron chi connectivity index (χ4n) is 3.58. The van der Waals surface area contributed by atoms with Gasteiger partial charge in [0.25, 0.3) is 0 Å². The molecule has 0 saturated carbocycles. The predicted molar refractivity (Wildman–Crippen MR) is 102 cm³/mol. The van der Waals surface area contributed by atoms with Crippen molar-refractivity contribution in [3.05, 3.63) is 65.7 Å². The topological polar surface area (TPSA) is 46.6 Å². The van der Waals surface area contributed by atoms with E-state index in [0.717, 1.165) is 11.1 Å². The zero-order chi connectivity index (χ0) is 18.9. The molecule has 1 aliphatic heterocycles. The molecule has 0 fully saturated rings. The van der Waals surface area contributed by atoms with E-state index in [-0.39, 0.29) is 5.91 Å². The van der Waals surface area contributed by atoms with Gasteiger partial charge in [-0.25, -0.2) is 9.69 Å². The zero-order valence-electron chi connectivity index (χ0n) is 15.8. The molecule has 0 aliphatic carbocycles. The number of fused-ring (bicyclic) bond motifs is 1. The first-order valence-corrected chi connectivity index (χ1v) is 8.99. The summed E-state index contributed by atoms with van der Waals surface area (Å²) in [4.78, 5) is 27.5. The normalized spacial score (nSPS) is 19.4. The SMILES string of the molecule is CC[C@]1(Cc2ccccc2)C(=O)N(C(=O)OC(C)(C)C)c2ccccc21. The second-order valence-corrected chi connectivity index (χ2v) is 7.74. The van der Waals surface area contributed by atoms with Crippen LogP contribution in [-0.4, -0.2) is 17.6 Å². The van der Waals surface area contributed by atoms with Crippen molar-refractivity contribution in [3.8, 4) is 0 Å². The highest BCUT2D eigenvalue weighted by Gasteiger charge is 2.52. The van der Waals surface area contributed by atoms with E-state index in [1.165, 1.54) is 4.90 Å². The summed E-state index contributed by atoms with van der Waals surface area (Å²) < 4.78 is 5.50. The number of hydrogen-bond acceptors (Lipinski definition) is 3. The van der Waals surface area contributed by atoms with Crippen molar-refractivity contribution in [2.75, 3.05) is 4.90 Å². The van der Waals surface area contributed by atoms with E-state index in [4.69, 9.17) is 4.74 Å². The minimum atomic E-state index is -0.755. The Balaban J connectivity index is 2.07. The third-order valence-corrected chi connectivity index (χ3v) is 4.80. The maximum Gasteiger partial charge on any atom is 0.421 e. The van der Waals surface area contributed by atoms with Crippen LogP contribution in [0.3, 0.4) is 0 Å². The van der Waals surface area contributed by atoms with Crippen LogP contribution in [0.15, 0.2) is 54.6 Å². The Labute approximate surface area is 154 Å². The van der Waals surface area contributed by atoms with E-state index in [1.807, 2.05) is 61.5 Å². The smallest absolute Gasteiger partial charge is 0.421 e. The number of rotatable bonds is 3. The quantitative estimate of drug-likeness (QED) is 0.793. The average Bonchev–Trinajstić information content (AvgIpc) is 2.83. The summed E-state index contributed by atoms with van der Waals surface area (Å²) in [7, 11) is 0.